The van der Waals surface area contributed by atoms with E-state index in [9.17, 15) is 23.8 Å². The van der Waals surface area contributed by atoms with Crippen molar-refractivity contribution in [2.75, 3.05) is 37.5 Å². The van der Waals surface area contributed by atoms with Gasteiger partial charge in [-0.05, 0) is 0 Å². The first-order valence-electron chi connectivity index (χ1n) is 11.0. The van der Waals surface area contributed by atoms with Crippen molar-refractivity contribution in [3.63, 3.8) is 0 Å². The highest BCUT2D eigenvalue weighted by Crippen LogP contribution is 2.39. The molecule has 2 amide bonds. The number of aliphatic hydroxyl groups is 2. The molecule has 1 aromatic heterocycles. The molecule has 2 aliphatic rings. The Morgan fingerprint density at radius 2 is 1.83 bits per heavy atom. The van der Waals surface area contributed by atoms with Gasteiger partial charge in [0.05, 0.1) is 33.0 Å². The molecule has 13 heteroatoms. The molecule has 6 N–H and O–H groups in total. The van der Waals surface area contributed by atoms with Crippen molar-refractivity contribution in [2.45, 2.75) is 24.3 Å². The van der Waals surface area contributed by atoms with Gasteiger partial charge in [0.1, 0.15) is 17.0 Å². The van der Waals surface area contributed by atoms with Gasteiger partial charge < -0.3 is 25.4 Å². The molecule has 2 unspecified atom stereocenters. The Bertz CT molecular complexity index is 1180. The number of benzene rings is 1. The summed E-state index contributed by atoms with van der Waals surface area (Å²) in [6.45, 7) is -0.358. The Kier molecular flexibility index (Phi) is 7.17. The zero-order chi connectivity index (χ0) is 26.0. The lowest BCUT2D eigenvalue weighted by Crippen LogP contribution is -2.48. The molecular formula is C23H26F2N6O5. The number of carbonyl (C=O) groups excluding carboxylic acids is 1. The number of amides is 2. The van der Waals surface area contributed by atoms with Crippen LogP contribution in [0, 0.1) is 11.6 Å². The van der Waals surface area contributed by atoms with Crippen LogP contribution >= 0.6 is 0 Å². The number of nitrogens with two attached hydrogens (primary N) is 1. The second-order valence-electron chi connectivity index (χ2n) is 8.18. The van der Waals surface area contributed by atoms with E-state index in [1.807, 2.05) is 0 Å². The van der Waals surface area contributed by atoms with E-state index in [0.717, 1.165) is 11.0 Å². The molecule has 4 rings (SSSR count). The van der Waals surface area contributed by atoms with Crippen molar-refractivity contribution in [1.82, 2.24) is 15.3 Å². The Morgan fingerprint density at radius 3 is 2.42 bits per heavy atom. The summed E-state index contributed by atoms with van der Waals surface area (Å²) in [4.78, 5) is 22.6. The van der Waals surface area contributed by atoms with Gasteiger partial charge in [0.2, 0.25) is 0 Å². The van der Waals surface area contributed by atoms with Crippen LogP contribution in [-0.2, 0) is 12.1 Å². The Morgan fingerprint density at radius 1 is 1.19 bits per heavy atom. The molecule has 2 heterocycles. The summed E-state index contributed by atoms with van der Waals surface area (Å²) in [6.07, 6.45) is 6.19. The number of rotatable bonds is 9. The smallest absolute Gasteiger partial charge is 0.327 e. The van der Waals surface area contributed by atoms with Gasteiger partial charge in [0.15, 0.2) is 29.0 Å². The molecule has 0 radical (unpaired) electrons. The molecule has 0 saturated carbocycles. The number of hydrogen-bond acceptors (Lipinski definition) is 9. The molecular weight excluding hydrogens is 478 g/mol. The van der Waals surface area contributed by atoms with Gasteiger partial charge in [-0.2, -0.15) is 0 Å². The number of ether oxygens (including phenoxy) is 2. The van der Waals surface area contributed by atoms with E-state index < -0.39 is 41.1 Å². The van der Waals surface area contributed by atoms with Gasteiger partial charge >= 0.3 is 6.03 Å². The molecule has 0 saturated heterocycles. The summed E-state index contributed by atoms with van der Waals surface area (Å²) in [6, 6.07) is 0.235. The van der Waals surface area contributed by atoms with Gasteiger partial charge in [-0.3, -0.25) is 15.5 Å². The van der Waals surface area contributed by atoms with Crippen LogP contribution in [0.15, 0.2) is 36.6 Å². The zero-order valence-electron chi connectivity index (χ0n) is 19.5. The van der Waals surface area contributed by atoms with Gasteiger partial charge in [0.25, 0.3) is 0 Å². The third-order valence-corrected chi connectivity index (χ3v) is 5.97. The molecule has 0 bridgehead atoms. The molecule has 2 atom stereocenters. The van der Waals surface area contributed by atoms with E-state index in [1.165, 1.54) is 20.4 Å². The second kappa shape index (κ2) is 10.1. The Balaban J connectivity index is 1.65. The lowest BCUT2D eigenvalue weighted by Gasteiger charge is -2.32. The molecule has 36 heavy (non-hydrogen) atoms. The summed E-state index contributed by atoms with van der Waals surface area (Å²) in [5.41, 5.74) is 4.14. The summed E-state index contributed by atoms with van der Waals surface area (Å²) < 4.78 is 39.9. The largest absolute Gasteiger partial charge is 0.493 e. The van der Waals surface area contributed by atoms with Crippen LogP contribution in [0.4, 0.5) is 25.1 Å². The van der Waals surface area contributed by atoms with Crippen LogP contribution in [0.2, 0.25) is 0 Å². The van der Waals surface area contributed by atoms with E-state index in [1.54, 1.807) is 24.3 Å². The molecule has 0 fully saturated rings. The van der Waals surface area contributed by atoms with Crippen LogP contribution in [-0.4, -0.2) is 65.7 Å². The van der Waals surface area contributed by atoms with Crippen LogP contribution < -0.4 is 30.7 Å². The quantitative estimate of drug-likeness (QED) is 0.335. The second-order valence-corrected chi connectivity index (χ2v) is 8.18. The SMILES string of the molecule is COc1cc(OC)c(F)c(N2Cc3cnc(C4(NCC(O)C(O)CN)C=CC=C4)nc3NC2=O)c1F. The third-order valence-electron chi connectivity index (χ3n) is 5.97. The maximum Gasteiger partial charge on any atom is 0.327 e. The van der Waals surface area contributed by atoms with E-state index in [4.69, 9.17) is 15.2 Å². The van der Waals surface area contributed by atoms with Gasteiger partial charge in [-0.25, -0.2) is 23.5 Å². The summed E-state index contributed by atoms with van der Waals surface area (Å²) in [7, 11) is 2.43. The standard InChI is InChI=1S/C23H26F2N6O5/c1-35-15-7-16(36-2)18(25)19(17(15)24)31-11-12-9-27-21(29-20(12)30-22(31)34)23(5-3-4-6-23)28-10-14(33)13(32)8-26/h3-7,9,13-14,28,32-33H,8,10-11,26H2,1-2H3,(H,27,29,30,34). The number of nitrogens with zero attached hydrogens (tertiary/aromatic N) is 3. The number of hydrogen-bond donors (Lipinski definition) is 5. The predicted octanol–water partition coefficient (Wildman–Crippen LogP) is 0.915. The fourth-order valence-corrected chi connectivity index (χ4v) is 3.91. The van der Waals surface area contributed by atoms with Crippen molar-refractivity contribution in [3.8, 4) is 11.5 Å². The molecule has 1 aromatic carbocycles. The van der Waals surface area contributed by atoms with E-state index in [0.29, 0.717) is 5.56 Å². The molecule has 192 valence electrons. The van der Waals surface area contributed by atoms with Gasteiger partial charge in [-0.1, -0.05) is 24.3 Å². The Hall–Kier alpha value is -3.65. The van der Waals surface area contributed by atoms with Crippen molar-refractivity contribution in [2.24, 2.45) is 5.73 Å². The highest BCUT2D eigenvalue weighted by atomic mass is 19.1. The highest BCUT2D eigenvalue weighted by molar-refractivity contribution is 6.04. The van der Waals surface area contributed by atoms with Gasteiger partial charge in [-0.15, -0.1) is 0 Å². The minimum atomic E-state index is -1.13. The summed E-state index contributed by atoms with van der Waals surface area (Å²) in [5.74, 6) is -2.29. The van der Waals surface area contributed by atoms with Crippen LogP contribution in [0.1, 0.15) is 11.4 Å². The number of carbonyl (C=O) groups is 1. The first kappa shape index (κ1) is 25.4. The van der Waals surface area contributed by atoms with E-state index >= 15 is 0 Å². The number of aromatic nitrogens is 2. The lowest BCUT2D eigenvalue weighted by atomic mass is 9.99. The first-order chi connectivity index (χ1) is 17.2. The third kappa shape index (κ3) is 4.48. The van der Waals surface area contributed by atoms with Crippen molar-refractivity contribution < 1.29 is 33.3 Å². The number of halogens is 2. The molecule has 11 nitrogen and oxygen atoms in total. The van der Waals surface area contributed by atoms with Crippen LogP contribution in [0.25, 0.3) is 0 Å². The number of methoxy groups -OCH3 is 2. The van der Waals surface area contributed by atoms with Crippen molar-refractivity contribution in [3.05, 3.63) is 59.6 Å². The number of urea groups is 1. The maximum absolute atomic E-state index is 15.0. The number of fused-ring (bicyclic) bond motifs is 1. The average molecular weight is 504 g/mol. The fraction of sp³-hybridized carbons (Fsp3) is 0.348. The highest BCUT2D eigenvalue weighted by Gasteiger charge is 2.36. The maximum atomic E-state index is 15.0. The lowest BCUT2D eigenvalue weighted by molar-refractivity contribution is 0.0233. The molecule has 2 aromatic rings. The summed E-state index contributed by atoms with van der Waals surface area (Å²) >= 11 is 0. The van der Waals surface area contributed by atoms with Crippen molar-refractivity contribution >= 4 is 17.5 Å². The normalized spacial score (nSPS) is 17.5. The van der Waals surface area contributed by atoms with Gasteiger partial charge in [0, 0.05) is 30.9 Å². The fourth-order valence-electron chi connectivity index (χ4n) is 3.91. The number of nitrogens with one attached hydrogen (secondary N) is 2. The molecule has 1 aliphatic carbocycles. The topological polar surface area (TPSA) is 155 Å². The number of aliphatic hydroxyl groups excluding tert-OH is 2. The van der Waals surface area contributed by atoms with E-state index in [2.05, 4.69) is 20.6 Å². The molecule has 1 aliphatic heterocycles. The minimum absolute atomic E-state index is 0.0240. The zero-order valence-corrected chi connectivity index (χ0v) is 19.5. The van der Waals surface area contributed by atoms with Crippen LogP contribution in [0.3, 0.4) is 0 Å². The number of anilines is 2. The van der Waals surface area contributed by atoms with Crippen LogP contribution in [0.5, 0.6) is 11.5 Å². The summed E-state index contributed by atoms with van der Waals surface area (Å²) in [5, 5.41) is 25.5. The minimum Gasteiger partial charge on any atom is -0.493 e. The number of allylic oxidation sites excluding steroid dienone is 2. The van der Waals surface area contributed by atoms with Crippen molar-refractivity contribution in [1.29, 1.82) is 0 Å². The molecule has 0 spiro atoms. The Labute approximate surface area is 205 Å². The monoisotopic (exact) mass is 504 g/mol. The first-order valence-corrected chi connectivity index (χ1v) is 11.0. The average Bonchev–Trinajstić information content (AvgIpc) is 3.37. The predicted molar refractivity (Wildman–Crippen MR) is 126 cm³/mol. The van der Waals surface area contributed by atoms with E-state index in [-0.39, 0.29) is 42.8 Å².